The molecule has 69 heavy (non-hydrogen) atoms. The standard InChI is InChI=1S/C46H74N10O13/c1-10-26(8)38(56-44(66)31(17-24(4)5)52-40(62)29(47)20-37(59)60)45(67)54-32(19-28-14-12-11-13-15-28)41(63)49-22-36(58)51-30(16-23(2)3)43(65)53-33(21-35(48)57)42(64)50-27(9)39(61)55-34(46(68)69)18-25(6)7/h11-15,23-27,29-34,38H,10,16-22,47H2,1-9H3,(H2,48,57)(H,49,63)(H,50,64)(H,51,58)(H,52,62)(H,53,65)(H,54,67)(H,55,61)(H,56,66)(H,59,60)(H,68,69)/t26-,27-,29-,30-,31-,32-,33-,34-,38-/m0/s1. The molecule has 0 saturated heterocycles. The Hall–Kier alpha value is -6.65. The van der Waals surface area contributed by atoms with E-state index in [0.717, 1.165) is 0 Å². The van der Waals surface area contributed by atoms with E-state index in [1.807, 2.05) is 0 Å². The molecule has 0 unspecified atom stereocenters. The first-order chi connectivity index (χ1) is 32.1. The highest BCUT2D eigenvalue weighted by Gasteiger charge is 2.35. The van der Waals surface area contributed by atoms with Gasteiger partial charge in [-0.15, -0.1) is 0 Å². The lowest BCUT2D eigenvalue weighted by molar-refractivity contribution is -0.143. The van der Waals surface area contributed by atoms with E-state index in [1.165, 1.54) is 6.92 Å². The van der Waals surface area contributed by atoms with Gasteiger partial charge in [0, 0.05) is 6.42 Å². The van der Waals surface area contributed by atoms with Crippen LogP contribution in [0.25, 0.3) is 0 Å². The van der Waals surface area contributed by atoms with Crippen LogP contribution in [0, 0.1) is 23.7 Å². The summed E-state index contributed by atoms with van der Waals surface area (Å²) in [5.74, 6) is -11.3. The Kier molecular flexibility index (Phi) is 26.2. The van der Waals surface area contributed by atoms with Crippen LogP contribution in [0.5, 0.6) is 0 Å². The maximum Gasteiger partial charge on any atom is 0.326 e. The van der Waals surface area contributed by atoms with Gasteiger partial charge in [0.05, 0.1) is 25.4 Å². The summed E-state index contributed by atoms with van der Waals surface area (Å²) in [6.45, 7) is 14.7. The normalized spacial score (nSPS) is 15.1. The van der Waals surface area contributed by atoms with Crippen molar-refractivity contribution >= 4 is 65.1 Å². The average Bonchev–Trinajstić information content (AvgIpc) is 3.24. The van der Waals surface area contributed by atoms with E-state index in [9.17, 15) is 57.8 Å². The molecule has 0 bridgehead atoms. The predicted molar refractivity (Wildman–Crippen MR) is 252 cm³/mol. The topological polar surface area (TPSA) is 377 Å². The minimum atomic E-state index is -1.61. The molecule has 0 saturated carbocycles. The number of hydrogen-bond acceptors (Lipinski definition) is 12. The molecule has 0 radical (unpaired) electrons. The molecule has 23 nitrogen and oxygen atoms in total. The van der Waals surface area contributed by atoms with Gasteiger partial charge >= 0.3 is 11.9 Å². The predicted octanol–water partition coefficient (Wildman–Crippen LogP) is -1.29. The number of carbonyl (C=O) groups excluding carboxylic acids is 9. The highest BCUT2D eigenvalue weighted by molar-refractivity contribution is 5.98. The van der Waals surface area contributed by atoms with Gasteiger partial charge in [-0.25, -0.2) is 4.79 Å². The SMILES string of the molecule is CC[C@H](C)[C@H](NC(=O)[C@H](CC(C)C)NC(=O)[C@@H](N)CC(=O)O)C(=O)N[C@@H](Cc1ccccc1)C(=O)NCC(=O)N[C@@H](CC(C)C)C(=O)N[C@@H](CC(N)=O)C(=O)N[C@@H](C)C(=O)N[C@@H](CC(C)C)C(=O)O. The molecule has 1 aromatic carbocycles. The lowest BCUT2D eigenvalue weighted by atomic mass is 9.95. The molecule has 23 heteroatoms. The van der Waals surface area contributed by atoms with Crippen molar-refractivity contribution in [3.63, 3.8) is 0 Å². The maximum absolute atomic E-state index is 14.0. The summed E-state index contributed by atoms with van der Waals surface area (Å²) in [5.41, 5.74) is 11.7. The molecule has 9 atom stereocenters. The molecule has 0 aromatic heterocycles. The van der Waals surface area contributed by atoms with Crippen molar-refractivity contribution in [2.45, 2.75) is 156 Å². The summed E-state index contributed by atoms with van der Waals surface area (Å²) < 4.78 is 0. The molecule has 0 fully saturated rings. The van der Waals surface area contributed by atoms with E-state index in [2.05, 4.69) is 42.5 Å². The first-order valence-corrected chi connectivity index (χ1v) is 23.1. The molecule has 0 heterocycles. The Balaban J connectivity index is 3.28. The first kappa shape index (κ1) is 60.4. The number of carbonyl (C=O) groups is 11. The second kappa shape index (κ2) is 30.0. The highest BCUT2D eigenvalue weighted by Crippen LogP contribution is 2.13. The molecule has 14 N–H and O–H groups in total. The second-order valence-corrected chi connectivity index (χ2v) is 18.5. The molecule has 386 valence electrons. The van der Waals surface area contributed by atoms with Crippen LogP contribution in [0.2, 0.25) is 0 Å². The number of aliphatic carboxylic acids is 2. The zero-order valence-corrected chi connectivity index (χ0v) is 41.0. The fourth-order valence-corrected chi connectivity index (χ4v) is 6.83. The number of carboxylic acids is 2. The molecule has 0 spiro atoms. The summed E-state index contributed by atoms with van der Waals surface area (Å²) >= 11 is 0. The van der Waals surface area contributed by atoms with Gasteiger partial charge in [-0.3, -0.25) is 47.9 Å². The van der Waals surface area contributed by atoms with E-state index >= 15 is 0 Å². The number of benzene rings is 1. The molecule has 1 aromatic rings. The van der Waals surface area contributed by atoms with Crippen LogP contribution in [0.1, 0.15) is 106 Å². The maximum atomic E-state index is 14.0. The zero-order valence-electron chi connectivity index (χ0n) is 41.0. The first-order valence-electron chi connectivity index (χ1n) is 23.1. The minimum Gasteiger partial charge on any atom is -0.481 e. The number of amides is 9. The Bertz CT molecular complexity index is 1950. The fourth-order valence-electron chi connectivity index (χ4n) is 6.83. The Morgan fingerprint density at radius 2 is 1.01 bits per heavy atom. The molecule has 0 aliphatic heterocycles. The van der Waals surface area contributed by atoms with E-state index in [-0.39, 0.29) is 43.4 Å². The van der Waals surface area contributed by atoms with E-state index in [1.54, 1.807) is 85.7 Å². The Labute approximate surface area is 402 Å². The Morgan fingerprint density at radius 3 is 1.52 bits per heavy atom. The minimum absolute atomic E-state index is 0.0217. The van der Waals surface area contributed by atoms with Gasteiger partial charge in [0.1, 0.15) is 42.3 Å². The fraction of sp³-hybridized carbons (Fsp3) is 0.630. The zero-order chi connectivity index (χ0) is 52.7. The number of nitrogens with two attached hydrogens (primary N) is 2. The van der Waals surface area contributed by atoms with Crippen LogP contribution in [-0.4, -0.2) is 130 Å². The summed E-state index contributed by atoms with van der Waals surface area (Å²) in [6.07, 6.45) is -0.802. The van der Waals surface area contributed by atoms with Crippen molar-refractivity contribution in [3.05, 3.63) is 35.9 Å². The summed E-state index contributed by atoms with van der Waals surface area (Å²) in [5, 5.41) is 38.5. The van der Waals surface area contributed by atoms with Crippen LogP contribution in [0.4, 0.5) is 0 Å². The molecular formula is C46H74N10O13. The Morgan fingerprint density at radius 1 is 0.536 bits per heavy atom. The van der Waals surface area contributed by atoms with Gasteiger partial charge in [0.2, 0.25) is 53.2 Å². The third kappa shape index (κ3) is 23.3. The van der Waals surface area contributed by atoms with Crippen molar-refractivity contribution in [1.29, 1.82) is 0 Å². The van der Waals surface area contributed by atoms with Crippen LogP contribution >= 0.6 is 0 Å². The largest absolute Gasteiger partial charge is 0.481 e. The quantitative estimate of drug-likeness (QED) is 0.0412. The third-order valence-corrected chi connectivity index (χ3v) is 10.7. The van der Waals surface area contributed by atoms with Crippen LogP contribution in [0.15, 0.2) is 30.3 Å². The van der Waals surface area contributed by atoms with Gasteiger partial charge in [-0.1, -0.05) is 92.1 Å². The van der Waals surface area contributed by atoms with Crippen molar-refractivity contribution in [1.82, 2.24) is 42.5 Å². The average molecular weight is 975 g/mol. The van der Waals surface area contributed by atoms with Gasteiger partial charge in [-0.2, -0.15) is 0 Å². The van der Waals surface area contributed by atoms with Gasteiger partial charge in [0.25, 0.3) is 0 Å². The number of carboxylic acid groups (broad SMARTS) is 2. The molecule has 9 amide bonds. The smallest absolute Gasteiger partial charge is 0.326 e. The summed E-state index contributed by atoms with van der Waals surface area (Å²) in [4.78, 5) is 142. The lowest BCUT2D eigenvalue weighted by Crippen LogP contribution is -2.60. The lowest BCUT2D eigenvalue weighted by Gasteiger charge is -2.29. The third-order valence-electron chi connectivity index (χ3n) is 10.7. The van der Waals surface area contributed by atoms with Crippen molar-refractivity contribution in [2.75, 3.05) is 6.54 Å². The van der Waals surface area contributed by atoms with Crippen LogP contribution in [-0.2, 0) is 59.2 Å². The van der Waals surface area contributed by atoms with Crippen molar-refractivity contribution in [3.8, 4) is 0 Å². The summed E-state index contributed by atoms with van der Waals surface area (Å²) in [7, 11) is 0. The van der Waals surface area contributed by atoms with Crippen LogP contribution in [0.3, 0.4) is 0 Å². The van der Waals surface area contributed by atoms with Crippen molar-refractivity contribution < 1.29 is 63.0 Å². The van der Waals surface area contributed by atoms with E-state index < -0.39 is 139 Å². The molecular weight excluding hydrogens is 901 g/mol. The number of nitrogens with one attached hydrogen (secondary N) is 8. The molecule has 1 rings (SSSR count). The number of primary amides is 1. The van der Waals surface area contributed by atoms with E-state index in [0.29, 0.717) is 12.0 Å². The van der Waals surface area contributed by atoms with E-state index in [4.69, 9.17) is 16.6 Å². The molecule has 0 aliphatic rings. The van der Waals surface area contributed by atoms with Crippen molar-refractivity contribution in [2.24, 2.45) is 35.1 Å². The molecule has 0 aliphatic carbocycles. The van der Waals surface area contributed by atoms with Gasteiger partial charge in [-0.05, 0) is 55.4 Å². The second-order valence-electron chi connectivity index (χ2n) is 18.5. The van der Waals surface area contributed by atoms with Gasteiger partial charge in [0.15, 0.2) is 0 Å². The summed E-state index contributed by atoms with van der Waals surface area (Å²) in [6, 6.07) is -2.05. The van der Waals surface area contributed by atoms with Crippen LogP contribution < -0.4 is 54.0 Å². The number of hydrogen-bond donors (Lipinski definition) is 12. The highest BCUT2D eigenvalue weighted by atomic mass is 16.4. The van der Waals surface area contributed by atoms with Gasteiger partial charge < -0.3 is 64.2 Å². The monoisotopic (exact) mass is 975 g/mol. The number of rotatable bonds is 31.